The summed E-state index contributed by atoms with van der Waals surface area (Å²) in [7, 11) is 0. The maximum absolute atomic E-state index is 2.44. The van der Waals surface area contributed by atoms with E-state index in [-0.39, 0.29) is 0 Å². The first-order valence-electron chi connectivity index (χ1n) is 15.5. The van der Waals surface area contributed by atoms with E-state index < -0.39 is 5.41 Å². The van der Waals surface area contributed by atoms with E-state index in [0.717, 1.165) is 17.1 Å². The monoisotopic (exact) mass is 574 g/mol. The number of rotatable bonds is 4. The second-order valence-corrected chi connectivity index (χ2v) is 11.7. The maximum atomic E-state index is 2.44. The van der Waals surface area contributed by atoms with Crippen molar-refractivity contribution in [2.45, 2.75) is 5.41 Å². The van der Waals surface area contributed by atoms with Crippen LogP contribution in [-0.4, -0.2) is 0 Å². The molecule has 2 heteroatoms. The van der Waals surface area contributed by atoms with E-state index in [1.54, 1.807) is 0 Å². The summed E-state index contributed by atoms with van der Waals surface area (Å²) < 4.78 is 0. The highest BCUT2D eigenvalue weighted by atomic mass is 15.2. The second-order valence-electron chi connectivity index (χ2n) is 11.7. The summed E-state index contributed by atoms with van der Waals surface area (Å²) in [5.41, 5.74) is 14.2. The van der Waals surface area contributed by atoms with Crippen LogP contribution in [0.15, 0.2) is 182 Å². The summed E-state index contributed by atoms with van der Waals surface area (Å²) in [6.45, 7) is 0. The fourth-order valence-electron chi connectivity index (χ4n) is 7.77. The average molecular weight is 575 g/mol. The molecule has 0 bridgehead atoms. The molecule has 2 aliphatic rings. The molecule has 0 unspecified atom stereocenters. The summed E-state index contributed by atoms with van der Waals surface area (Å²) in [5, 5.41) is 0. The topological polar surface area (TPSA) is 6.48 Å². The summed E-state index contributed by atoms with van der Waals surface area (Å²) in [6, 6.07) is 66.2. The smallest absolute Gasteiger partial charge is 0.0774 e. The summed E-state index contributed by atoms with van der Waals surface area (Å²) in [5.74, 6) is 0. The van der Waals surface area contributed by atoms with Gasteiger partial charge in [-0.2, -0.15) is 0 Å². The van der Waals surface area contributed by atoms with Crippen LogP contribution in [0.2, 0.25) is 0 Å². The van der Waals surface area contributed by atoms with E-state index in [1.807, 2.05) is 0 Å². The van der Waals surface area contributed by atoms with Crippen LogP contribution in [0.4, 0.5) is 34.1 Å². The molecule has 0 saturated heterocycles. The lowest BCUT2D eigenvalue weighted by Gasteiger charge is -2.46. The Kier molecular flexibility index (Phi) is 5.76. The van der Waals surface area contributed by atoms with Crippen molar-refractivity contribution in [3.63, 3.8) is 0 Å². The molecule has 1 aliphatic carbocycles. The van der Waals surface area contributed by atoms with Gasteiger partial charge in [0.05, 0.1) is 22.5 Å². The van der Waals surface area contributed by atoms with Crippen LogP contribution in [0.25, 0.3) is 11.1 Å². The Morgan fingerprint density at radius 2 is 0.844 bits per heavy atom. The molecule has 0 atom stereocenters. The summed E-state index contributed by atoms with van der Waals surface area (Å²) >= 11 is 0. The van der Waals surface area contributed by atoms with Gasteiger partial charge in [0.15, 0.2) is 0 Å². The molecule has 212 valence electrons. The van der Waals surface area contributed by atoms with Gasteiger partial charge in [0.25, 0.3) is 0 Å². The molecule has 0 amide bonds. The van der Waals surface area contributed by atoms with Gasteiger partial charge in [-0.05, 0) is 82.4 Å². The maximum Gasteiger partial charge on any atom is 0.0774 e. The average Bonchev–Trinajstić information content (AvgIpc) is 3.42. The van der Waals surface area contributed by atoms with Crippen molar-refractivity contribution in [3.05, 3.63) is 204 Å². The van der Waals surface area contributed by atoms with Crippen molar-refractivity contribution in [1.82, 2.24) is 0 Å². The Morgan fingerprint density at radius 3 is 1.44 bits per heavy atom. The molecule has 2 nitrogen and oxygen atoms in total. The molecule has 0 aromatic heterocycles. The highest BCUT2D eigenvalue weighted by molar-refractivity contribution is 5.99. The van der Waals surface area contributed by atoms with Gasteiger partial charge in [0.2, 0.25) is 0 Å². The van der Waals surface area contributed by atoms with Crippen LogP contribution in [-0.2, 0) is 5.41 Å². The van der Waals surface area contributed by atoms with Gasteiger partial charge in [-0.3, -0.25) is 0 Å². The van der Waals surface area contributed by atoms with E-state index in [9.17, 15) is 0 Å². The van der Waals surface area contributed by atoms with Crippen LogP contribution in [0.3, 0.4) is 0 Å². The zero-order valence-electron chi connectivity index (χ0n) is 24.7. The van der Waals surface area contributed by atoms with E-state index in [4.69, 9.17) is 0 Å². The van der Waals surface area contributed by atoms with Crippen molar-refractivity contribution in [3.8, 4) is 11.1 Å². The van der Waals surface area contributed by atoms with Crippen LogP contribution in [0.5, 0.6) is 0 Å². The van der Waals surface area contributed by atoms with Gasteiger partial charge in [-0.15, -0.1) is 0 Å². The molecule has 7 aromatic carbocycles. The minimum absolute atomic E-state index is 0.539. The van der Waals surface area contributed by atoms with Crippen LogP contribution in [0, 0.1) is 0 Å². The van der Waals surface area contributed by atoms with Crippen molar-refractivity contribution in [2.75, 3.05) is 9.80 Å². The van der Waals surface area contributed by atoms with Crippen molar-refractivity contribution < 1.29 is 0 Å². The highest BCUT2D eigenvalue weighted by Gasteiger charge is 2.53. The normalized spacial score (nSPS) is 13.5. The first-order chi connectivity index (χ1) is 22.4. The van der Waals surface area contributed by atoms with E-state index in [2.05, 4.69) is 192 Å². The van der Waals surface area contributed by atoms with E-state index in [1.165, 1.54) is 50.4 Å². The SMILES string of the molecule is c1ccc(N(c2ccccc2)c2cccc3c2C2(c4ccccc4-3)c3ccccc3N(c3ccccc3)c3ccccc32)cc1. The molecule has 0 saturated carbocycles. The first kappa shape index (κ1) is 25.6. The van der Waals surface area contributed by atoms with Crippen molar-refractivity contribution in [1.29, 1.82) is 0 Å². The third-order valence-corrected chi connectivity index (χ3v) is 9.42. The van der Waals surface area contributed by atoms with Crippen molar-refractivity contribution >= 4 is 34.1 Å². The second kappa shape index (κ2) is 10.1. The molecule has 0 fully saturated rings. The lowest BCUT2D eigenvalue weighted by Crippen LogP contribution is -2.37. The first-order valence-corrected chi connectivity index (χ1v) is 15.5. The molecule has 45 heavy (non-hydrogen) atoms. The Labute approximate surface area is 264 Å². The summed E-state index contributed by atoms with van der Waals surface area (Å²) in [6.07, 6.45) is 0. The summed E-state index contributed by atoms with van der Waals surface area (Å²) in [4.78, 5) is 4.87. The van der Waals surface area contributed by atoms with Crippen LogP contribution >= 0.6 is 0 Å². The quantitative estimate of drug-likeness (QED) is 0.206. The Hall–Kier alpha value is -5.86. The molecule has 0 radical (unpaired) electrons. The van der Waals surface area contributed by atoms with E-state index >= 15 is 0 Å². The molecule has 1 aliphatic heterocycles. The highest BCUT2D eigenvalue weighted by Crippen LogP contribution is 2.65. The predicted molar refractivity (Wildman–Crippen MR) is 187 cm³/mol. The number of anilines is 6. The molecule has 0 N–H and O–H groups in total. The van der Waals surface area contributed by atoms with E-state index in [0.29, 0.717) is 0 Å². The number of hydrogen-bond donors (Lipinski definition) is 0. The van der Waals surface area contributed by atoms with Gasteiger partial charge in [0.1, 0.15) is 0 Å². The van der Waals surface area contributed by atoms with Crippen LogP contribution < -0.4 is 9.80 Å². The fraction of sp³-hybridized carbons (Fsp3) is 0.0233. The van der Waals surface area contributed by atoms with Gasteiger partial charge in [0, 0.05) is 22.6 Å². The zero-order valence-corrected chi connectivity index (χ0v) is 24.7. The Balaban J connectivity index is 1.44. The molecule has 1 heterocycles. The van der Waals surface area contributed by atoms with Gasteiger partial charge in [-0.25, -0.2) is 0 Å². The zero-order chi connectivity index (χ0) is 29.8. The number of hydrogen-bond acceptors (Lipinski definition) is 2. The minimum Gasteiger partial charge on any atom is -0.310 e. The molecular formula is C43H30N2. The molecule has 7 aromatic rings. The number of para-hydroxylation sites is 5. The Bertz CT molecular complexity index is 2080. The molecular weight excluding hydrogens is 544 g/mol. The number of benzene rings is 7. The predicted octanol–water partition coefficient (Wildman–Crippen LogP) is 11.3. The lowest BCUT2D eigenvalue weighted by molar-refractivity contribution is 0.752. The number of fused-ring (bicyclic) bond motifs is 9. The van der Waals surface area contributed by atoms with Gasteiger partial charge < -0.3 is 9.80 Å². The lowest BCUT2D eigenvalue weighted by atomic mass is 9.64. The third-order valence-electron chi connectivity index (χ3n) is 9.42. The largest absolute Gasteiger partial charge is 0.310 e. The number of nitrogens with zero attached hydrogens (tertiary/aromatic N) is 2. The van der Waals surface area contributed by atoms with Gasteiger partial charge in [-0.1, -0.05) is 127 Å². The minimum atomic E-state index is -0.539. The molecule has 1 spiro atoms. The fourth-order valence-corrected chi connectivity index (χ4v) is 7.77. The third kappa shape index (κ3) is 3.63. The van der Waals surface area contributed by atoms with Gasteiger partial charge >= 0.3 is 0 Å². The standard InChI is InChI=1S/C43H30N2/c1-4-17-31(18-5-1)44(32-19-6-2-7-20-32)41-30-16-24-35-34-23-10-11-25-36(34)43(42(35)41)37-26-12-14-28-39(37)45(33-21-8-3-9-22-33)40-29-15-13-27-38(40)43/h1-30H. The van der Waals surface area contributed by atoms with Crippen molar-refractivity contribution in [2.24, 2.45) is 0 Å². The van der Waals surface area contributed by atoms with Crippen LogP contribution in [0.1, 0.15) is 22.3 Å². The molecule has 9 rings (SSSR count). The Morgan fingerprint density at radius 1 is 0.378 bits per heavy atom.